The number of benzene rings is 1. The third-order valence-corrected chi connectivity index (χ3v) is 4.57. The van der Waals surface area contributed by atoms with Crippen molar-refractivity contribution >= 4 is 23.6 Å². The molecule has 146 valence electrons. The molecule has 1 aromatic heterocycles. The van der Waals surface area contributed by atoms with Gasteiger partial charge >= 0.3 is 5.97 Å². The van der Waals surface area contributed by atoms with Gasteiger partial charge in [-0.2, -0.15) is 0 Å². The normalized spacial score (nSPS) is 12.0. The third kappa shape index (κ3) is 5.68. The predicted molar refractivity (Wildman–Crippen MR) is 99.7 cm³/mol. The Morgan fingerprint density at radius 2 is 1.96 bits per heavy atom. The van der Waals surface area contributed by atoms with Crippen LogP contribution in [0, 0.1) is 11.7 Å². The van der Waals surface area contributed by atoms with Gasteiger partial charge in [-0.25, -0.2) is 13.9 Å². The van der Waals surface area contributed by atoms with Gasteiger partial charge in [-0.3, -0.25) is 4.79 Å². The van der Waals surface area contributed by atoms with Crippen molar-refractivity contribution < 1.29 is 18.7 Å². The molecule has 1 atom stereocenters. The topological polar surface area (TPSA) is 112 Å². The zero-order chi connectivity index (χ0) is 20.0. The van der Waals surface area contributed by atoms with Gasteiger partial charge in [0.1, 0.15) is 11.9 Å². The van der Waals surface area contributed by atoms with Gasteiger partial charge in [-0.15, -0.1) is 10.2 Å². The maximum Gasteiger partial charge on any atom is 0.328 e. The van der Waals surface area contributed by atoms with E-state index in [0.29, 0.717) is 23.0 Å². The fourth-order valence-corrected chi connectivity index (χ4v) is 3.03. The lowest BCUT2D eigenvalue weighted by Crippen LogP contribution is -2.43. The molecule has 0 spiro atoms. The number of hydrogen-bond donors (Lipinski definition) is 2. The first-order chi connectivity index (χ1) is 12.8. The van der Waals surface area contributed by atoms with Crippen molar-refractivity contribution in [3.63, 3.8) is 0 Å². The Labute approximate surface area is 160 Å². The van der Waals surface area contributed by atoms with Crippen molar-refractivity contribution in [1.82, 2.24) is 20.2 Å². The summed E-state index contributed by atoms with van der Waals surface area (Å²) < 4.78 is 19.0. The lowest BCUT2D eigenvalue weighted by Gasteiger charge is -2.18. The number of methoxy groups -OCH3 is 1. The first-order valence-corrected chi connectivity index (χ1v) is 9.26. The standard InChI is InChI=1S/C17H22FN5O3S/c1-10(2)8-13(16(25)26-3)20-14(24)9-27-17-22-21-15(23(17)19)11-4-6-12(18)7-5-11/h4-7,10,13H,8-9,19H2,1-3H3,(H,20,24)/t13-/m0/s1. The summed E-state index contributed by atoms with van der Waals surface area (Å²) in [7, 11) is 1.28. The quantitative estimate of drug-likeness (QED) is 0.396. The molecule has 1 heterocycles. The summed E-state index contributed by atoms with van der Waals surface area (Å²) in [6.45, 7) is 3.90. The van der Waals surface area contributed by atoms with Crippen LogP contribution < -0.4 is 11.2 Å². The van der Waals surface area contributed by atoms with Gasteiger partial charge < -0.3 is 15.9 Å². The van der Waals surface area contributed by atoms with Gasteiger partial charge in [0.2, 0.25) is 11.1 Å². The number of amides is 1. The van der Waals surface area contributed by atoms with E-state index in [9.17, 15) is 14.0 Å². The monoisotopic (exact) mass is 395 g/mol. The van der Waals surface area contributed by atoms with E-state index in [4.69, 9.17) is 10.6 Å². The summed E-state index contributed by atoms with van der Waals surface area (Å²) in [6.07, 6.45) is 0.477. The number of nitrogens with one attached hydrogen (secondary N) is 1. The third-order valence-electron chi connectivity index (χ3n) is 3.63. The Morgan fingerprint density at radius 3 is 2.56 bits per heavy atom. The number of ether oxygens (including phenoxy) is 1. The van der Waals surface area contributed by atoms with Crippen molar-refractivity contribution in [3.05, 3.63) is 30.1 Å². The Kier molecular flexibility index (Phi) is 7.17. The fraction of sp³-hybridized carbons (Fsp3) is 0.412. The highest BCUT2D eigenvalue weighted by Crippen LogP contribution is 2.21. The molecule has 0 radical (unpaired) electrons. The van der Waals surface area contributed by atoms with Crippen molar-refractivity contribution in [3.8, 4) is 11.4 Å². The number of esters is 1. The molecule has 10 heteroatoms. The Balaban J connectivity index is 1.98. The van der Waals surface area contributed by atoms with E-state index in [1.165, 1.54) is 36.1 Å². The van der Waals surface area contributed by atoms with Crippen molar-refractivity contribution in [2.75, 3.05) is 18.7 Å². The number of carbonyl (C=O) groups excluding carboxylic acids is 2. The van der Waals surface area contributed by atoms with Crippen LogP contribution in [0.2, 0.25) is 0 Å². The molecule has 3 N–H and O–H groups in total. The second-order valence-electron chi connectivity index (χ2n) is 6.24. The Bertz CT molecular complexity index is 794. The number of nitrogens with two attached hydrogens (primary N) is 1. The van der Waals surface area contributed by atoms with Crippen LogP contribution in [-0.4, -0.2) is 45.7 Å². The van der Waals surface area contributed by atoms with Crippen LogP contribution >= 0.6 is 11.8 Å². The zero-order valence-electron chi connectivity index (χ0n) is 15.3. The van der Waals surface area contributed by atoms with E-state index in [1.54, 1.807) is 0 Å². The summed E-state index contributed by atoms with van der Waals surface area (Å²) in [5.74, 6) is 5.34. The van der Waals surface area contributed by atoms with Gasteiger partial charge in [-0.1, -0.05) is 25.6 Å². The van der Waals surface area contributed by atoms with E-state index < -0.39 is 12.0 Å². The molecule has 8 nitrogen and oxygen atoms in total. The van der Waals surface area contributed by atoms with Gasteiger partial charge in [0.25, 0.3) is 0 Å². The number of nitrogen functional groups attached to an aromatic ring is 1. The van der Waals surface area contributed by atoms with Crippen LogP contribution in [0.1, 0.15) is 20.3 Å². The summed E-state index contributed by atoms with van der Waals surface area (Å²) in [4.78, 5) is 24.0. The van der Waals surface area contributed by atoms with Gasteiger partial charge in [0.15, 0.2) is 5.82 Å². The lowest BCUT2D eigenvalue weighted by molar-refractivity contribution is -0.145. The Hall–Kier alpha value is -2.62. The van der Waals surface area contributed by atoms with E-state index in [-0.39, 0.29) is 23.4 Å². The van der Waals surface area contributed by atoms with E-state index in [1.807, 2.05) is 13.8 Å². The molecule has 0 aliphatic heterocycles. The summed E-state index contributed by atoms with van der Waals surface area (Å²) >= 11 is 1.08. The largest absolute Gasteiger partial charge is 0.467 e. The van der Waals surface area contributed by atoms with Crippen molar-refractivity contribution in [1.29, 1.82) is 0 Å². The number of nitrogens with zero attached hydrogens (tertiary/aromatic N) is 3. The van der Waals surface area contributed by atoms with Gasteiger partial charge in [-0.05, 0) is 36.6 Å². The van der Waals surface area contributed by atoms with Gasteiger partial charge in [0, 0.05) is 5.56 Å². The average molecular weight is 395 g/mol. The highest BCUT2D eigenvalue weighted by atomic mass is 32.2. The highest BCUT2D eigenvalue weighted by molar-refractivity contribution is 7.99. The second-order valence-corrected chi connectivity index (χ2v) is 7.19. The first kappa shape index (κ1) is 20.7. The zero-order valence-corrected chi connectivity index (χ0v) is 16.1. The van der Waals surface area contributed by atoms with Crippen molar-refractivity contribution in [2.45, 2.75) is 31.5 Å². The van der Waals surface area contributed by atoms with Crippen molar-refractivity contribution in [2.24, 2.45) is 5.92 Å². The molecule has 1 amide bonds. The van der Waals surface area contributed by atoms with Crippen LogP contribution in [0.3, 0.4) is 0 Å². The summed E-state index contributed by atoms with van der Waals surface area (Å²) in [6, 6.07) is 4.97. The minimum atomic E-state index is -0.700. The van der Waals surface area contributed by atoms with Crippen LogP contribution in [0.15, 0.2) is 29.4 Å². The van der Waals surface area contributed by atoms with Crippen LogP contribution in [0.25, 0.3) is 11.4 Å². The Morgan fingerprint density at radius 1 is 1.30 bits per heavy atom. The number of hydrogen-bond acceptors (Lipinski definition) is 7. The van der Waals surface area contributed by atoms with E-state index >= 15 is 0 Å². The van der Waals surface area contributed by atoms with Gasteiger partial charge in [0.05, 0.1) is 12.9 Å². The van der Waals surface area contributed by atoms with E-state index in [0.717, 1.165) is 11.8 Å². The maximum absolute atomic E-state index is 13.0. The summed E-state index contributed by atoms with van der Waals surface area (Å²) in [5.41, 5.74) is 0.602. The smallest absolute Gasteiger partial charge is 0.328 e. The molecule has 1 aromatic carbocycles. The predicted octanol–water partition coefficient (Wildman–Crippen LogP) is 1.59. The molecule has 0 bridgehead atoms. The molecule has 0 saturated heterocycles. The SMILES string of the molecule is COC(=O)[C@H](CC(C)C)NC(=O)CSc1nnc(-c2ccc(F)cc2)n1N. The van der Waals surface area contributed by atoms with Crippen LogP contribution in [0.4, 0.5) is 4.39 Å². The molecule has 0 unspecified atom stereocenters. The van der Waals surface area contributed by atoms with Crippen LogP contribution in [0.5, 0.6) is 0 Å². The summed E-state index contributed by atoms with van der Waals surface area (Å²) in [5, 5.41) is 10.9. The number of thioether (sulfide) groups is 1. The van der Waals surface area contributed by atoms with Crippen LogP contribution in [-0.2, 0) is 14.3 Å². The lowest BCUT2D eigenvalue weighted by atomic mass is 10.0. The highest BCUT2D eigenvalue weighted by Gasteiger charge is 2.23. The molecule has 0 saturated carbocycles. The van der Waals surface area contributed by atoms with E-state index in [2.05, 4.69) is 15.5 Å². The molecular formula is C17H22FN5O3S. The second kappa shape index (κ2) is 9.36. The average Bonchev–Trinajstić information content (AvgIpc) is 2.99. The molecule has 0 aliphatic carbocycles. The molecule has 2 rings (SSSR count). The fourth-order valence-electron chi connectivity index (χ4n) is 2.37. The molecule has 2 aromatic rings. The minimum Gasteiger partial charge on any atom is -0.467 e. The number of rotatable bonds is 8. The molecule has 0 aliphatic rings. The molecule has 0 fully saturated rings. The maximum atomic E-state index is 13.0. The number of carbonyl (C=O) groups is 2. The first-order valence-electron chi connectivity index (χ1n) is 8.28. The number of aromatic nitrogens is 3. The number of halogens is 1. The molecular weight excluding hydrogens is 373 g/mol. The molecule has 27 heavy (non-hydrogen) atoms. The minimum absolute atomic E-state index is 0.00431.